The van der Waals surface area contributed by atoms with Gasteiger partial charge in [0.05, 0.1) is 28.6 Å². The molecule has 0 spiro atoms. The van der Waals surface area contributed by atoms with Gasteiger partial charge >= 0.3 is 0 Å². The molecule has 0 saturated carbocycles. The summed E-state index contributed by atoms with van der Waals surface area (Å²) in [4.78, 5) is 8.89. The molecule has 3 heteroatoms. The number of hydrogen-bond donors (Lipinski definition) is 0. The van der Waals surface area contributed by atoms with Crippen LogP contribution in [0.2, 0.25) is 0 Å². The summed E-state index contributed by atoms with van der Waals surface area (Å²) in [6, 6.07) is 15.2. The van der Waals surface area contributed by atoms with Gasteiger partial charge in [-0.05, 0) is 25.5 Å². The van der Waals surface area contributed by atoms with Crippen LogP contribution in [0.5, 0.6) is 0 Å². The summed E-state index contributed by atoms with van der Waals surface area (Å²) in [5.41, 5.74) is 5.89. The molecule has 0 amide bonds. The average Bonchev–Trinajstić information content (AvgIpc) is 2.88. The Bertz CT molecular complexity index is 1060. The molecule has 1 aliphatic heterocycles. The Morgan fingerprint density at radius 1 is 0.955 bits per heavy atom. The number of rotatable bonds is 0. The number of aromatic nitrogens is 3. The van der Waals surface area contributed by atoms with Gasteiger partial charge in [-0.15, -0.1) is 0 Å². The monoisotopic (exact) mass is 285 g/mol. The molecule has 22 heavy (non-hydrogen) atoms. The van der Waals surface area contributed by atoms with E-state index in [1.165, 1.54) is 27.4 Å². The van der Waals surface area contributed by atoms with Crippen LogP contribution in [0.25, 0.3) is 27.5 Å². The van der Waals surface area contributed by atoms with Gasteiger partial charge in [-0.25, -0.2) is 9.97 Å². The van der Waals surface area contributed by atoms with Gasteiger partial charge in [-0.3, -0.25) is 0 Å². The fourth-order valence-corrected chi connectivity index (χ4v) is 3.87. The lowest BCUT2D eigenvalue weighted by Gasteiger charge is -2.32. The molecule has 5 rings (SSSR count). The summed E-state index contributed by atoms with van der Waals surface area (Å²) in [5.74, 6) is 0. The van der Waals surface area contributed by atoms with Gasteiger partial charge in [0, 0.05) is 16.2 Å². The number of nitrogens with zero attached hydrogens (tertiary/aromatic N) is 3. The average molecular weight is 285 g/mol. The molecule has 4 aromatic rings. The van der Waals surface area contributed by atoms with Gasteiger partial charge in [-0.1, -0.05) is 36.4 Å². The summed E-state index contributed by atoms with van der Waals surface area (Å²) in [5, 5.41) is 2.59. The zero-order valence-corrected chi connectivity index (χ0v) is 12.5. The van der Waals surface area contributed by atoms with Crippen molar-refractivity contribution in [2.24, 2.45) is 0 Å². The first-order valence-electron chi connectivity index (χ1n) is 7.53. The molecule has 0 saturated heterocycles. The van der Waals surface area contributed by atoms with E-state index in [1.807, 2.05) is 6.20 Å². The van der Waals surface area contributed by atoms with Crippen molar-refractivity contribution in [1.82, 2.24) is 14.5 Å². The summed E-state index contributed by atoms with van der Waals surface area (Å²) in [6.07, 6.45) is 3.59. The van der Waals surface area contributed by atoms with E-state index in [0.717, 1.165) is 11.4 Å². The Morgan fingerprint density at radius 3 is 2.68 bits per heavy atom. The Kier molecular flexibility index (Phi) is 2.03. The van der Waals surface area contributed by atoms with E-state index in [4.69, 9.17) is 0 Å². The third-order valence-corrected chi connectivity index (χ3v) is 4.89. The van der Waals surface area contributed by atoms with Gasteiger partial charge in [-0.2, -0.15) is 0 Å². The van der Waals surface area contributed by atoms with E-state index in [0.29, 0.717) is 0 Å². The van der Waals surface area contributed by atoms with Crippen LogP contribution in [0.4, 0.5) is 0 Å². The Labute approximate surface area is 128 Å². The molecule has 106 valence electrons. The lowest BCUT2D eigenvalue weighted by Crippen LogP contribution is -2.27. The van der Waals surface area contributed by atoms with Gasteiger partial charge in [0.25, 0.3) is 0 Å². The van der Waals surface area contributed by atoms with E-state index in [9.17, 15) is 0 Å². The molecular weight excluding hydrogens is 270 g/mol. The fourth-order valence-electron chi connectivity index (χ4n) is 3.87. The zero-order valence-electron chi connectivity index (χ0n) is 12.5. The molecule has 0 atom stereocenters. The van der Waals surface area contributed by atoms with E-state index in [2.05, 4.69) is 70.8 Å². The van der Waals surface area contributed by atoms with Crippen LogP contribution in [0, 0.1) is 0 Å². The number of hydrogen-bond acceptors (Lipinski definition) is 2. The minimum Gasteiger partial charge on any atom is -0.306 e. The predicted molar refractivity (Wildman–Crippen MR) is 88.5 cm³/mol. The van der Waals surface area contributed by atoms with E-state index >= 15 is 0 Å². The largest absolute Gasteiger partial charge is 0.306 e. The standard InChI is InChI=1S/C19H15N3/c1-19(2)14-8-5-7-13-12-6-3-4-9-15(12)22(17(13)14)16-10-20-11-21-18(16)19/h3-11H,1-2H3. The van der Waals surface area contributed by atoms with E-state index in [-0.39, 0.29) is 5.41 Å². The van der Waals surface area contributed by atoms with Crippen molar-refractivity contribution in [3.63, 3.8) is 0 Å². The minimum atomic E-state index is -0.123. The van der Waals surface area contributed by atoms with Gasteiger partial charge < -0.3 is 4.57 Å². The van der Waals surface area contributed by atoms with Crippen molar-refractivity contribution in [3.8, 4) is 5.69 Å². The first-order valence-corrected chi connectivity index (χ1v) is 7.53. The van der Waals surface area contributed by atoms with Crippen LogP contribution >= 0.6 is 0 Å². The number of fused-ring (bicyclic) bond motifs is 5. The van der Waals surface area contributed by atoms with Crippen molar-refractivity contribution in [1.29, 1.82) is 0 Å². The highest BCUT2D eigenvalue weighted by Gasteiger charge is 2.36. The normalized spacial score (nSPS) is 15.2. The summed E-state index contributed by atoms with van der Waals surface area (Å²) in [7, 11) is 0. The third kappa shape index (κ3) is 1.23. The Morgan fingerprint density at radius 2 is 1.77 bits per heavy atom. The number of benzene rings is 2. The van der Waals surface area contributed by atoms with Crippen LogP contribution in [0.1, 0.15) is 25.1 Å². The lowest BCUT2D eigenvalue weighted by molar-refractivity contribution is 0.602. The van der Waals surface area contributed by atoms with Gasteiger partial charge in [0.2, 0.25) is 0 Å². The maximum absolute atomic E-state index is 4.61. The molecule has 3 nitrogen and oxygen atoms in total. The molecule has 2 aromatic carbocycles. The Balaban J connectivity index is 2.15. The lowest BCUT2D eigenvalue weighted by atomic mass is 9.78. The maximum atomic E-state index is 4.61. The molecule has 0 radical (unpaired) electrons. The summed E-state index contributed by atoms with van der Waals surface area (Å²) in [6.45, 7) is 4.49. The highest BCUT2D eigenvalue weighted by Crippen LogP contribution is 2.45. The topological polar surface area (TPSA) is 30.7 Å². The Hall–Kier alpha value is -2.68. The maximum Gasteiger partial charge on any atom is 0.115 e. The molecule has 0 aliphatic carbocycles. The highest BCUT2D eigenvalue weighted by molar-refractivity contribution is 6.11. The van der Waals surface area contributed by atoms with Crippen LogP contribution < -0.4 is 0 Å². The molecule has 0 bridgehead atoms. The van der Waals surface area contributed by atoms with Crippen molar-refractivity contribution in [2.75, 3.05) is 0 Å². The van der Waals surface area contributed by atoms with Crippen LogP contribution in [-0.4, -0.2) is 14.5 Å². The smallest absolute Gasteiger partial charge is 0.115 e. The fraction of sp³-hybridized carbons (Fsp3) is 0.158. The van der Waals surface area contributed by atoms with E-state index < -0.39 is 0 Å². The highest BCUT2D eigenvalue weighted by atomic mass is 15.0. The SMILES string of the molecule is CC1(C)c2ncncc2-n2c3ccccc3c3cccc1c32. The van der Waals surface area contributed by atoms with Crippen LogP contribution in [0.15, 0.2) is 55.0 Å². The first-order chi connectivity index (χ1) is 10.7. The van der Waals surface area contributed by atoms with Crippen LogP contribution in [0.3, 0.4) is 0 Å². The molecule has 0 N–H and O–H groups in total. The van der Waals surface area contributed by atoms with Gasteiger partial charge in [0.1, 0.15) is 6.33 Å². The number of para-hydroxylation sites is 2. The molecule has 2 aromatic heterocycles. The second kappa shape index (κ2) is 3.74. The molecule has 0 unspecified atom stereocenters. The van der Waals surface area contributed by atoms with Crippen molar-refractivity contribution >= 4 is 21.8 Å². The van der Waals surface area contributed by atoms with Crippen molar-refractivity contribution < 1.29 is 0 Å². The second-order valence-corrected chi connectivity index (χ2v) is 6.44. The van der Waals surface area contributed by atoms with Gasteiger partial charge in [0.15, 0.2) is 0 Å². The molecule has 1 aliphatic rings. The zero-order chi connectivity index (χ0) is 14.9. The second-order valence-electron chi connectivity index (χ2n) is 6.44. The first kappa shape index (κ1) is 11.9. The molecular formula is C19H15N3. The third-order valence-electron chi connectivity index (χ3n) is 4.89. The summed E-state index contributed by atoms with van der Waals surface area (Å²) < 4.78 is 2.32. The van der Waals surface area contributed by atoms with Crippen LogP contribution in [-0.2, 0) is 5.41 Å². The quantitative estimate of drug-likeness (QED) is 0.484. The summed E-state index contributed by atoms with van der Waals surface area (Å²) >= 11 is 0. The van der Waals surface area contributed by atoms with E-state index in [1.54, 1.807) is 6.33 Å². The minimum absolute atomic E-state index is 0.123. The molecule has 3 heterocycles. The van der Waals surface area contributed by atoms with Crippen molar-refractivity contribution in [2.45, 2.75) is 19.3 Å². The predicted octanol–water partition coefficient (Wildman–Crippen LogP) is 4.21. The molecule has 0 fully saturated rings. The van der Waals surface area contributed by atoms with Crippen molar-refractivity contribution in [3.05, 3.63) is 66.2 Å².